The Labute approximate surface area is 118 Å². The largest absolute Gasteiger partial charge is 0.493 e. The second kappa shape index (κ2) is 7.05. The normalized spacial score (nSPS) is 9.60. The molecule has 0 spiro atoms. The van der Waals surface area contributed by atoms with Gasteiger partial charge in [-0.05, 0) is 36.4 Å². The van der Waals surface area contributed by atoms with Crippen molar-refractivity contribution in [1.29, 1.82) is 5.26 Å². The van der Waals surface area contributed by atoms with E-state index in [2.05, 4.69) is 11.4 Å². The van der Waals surface area contributed by atoms with E-state index in [1.807, 2.05) is 36.4 Å². The highest BCUT2D eigenvalue weighted by Crippen LogP contribution is 2.25. The molecule has 0 atom stereocenters. The maximum atomic E-state index is 8.72. The molecule has 102 valence electrons. The Morgan fingerprint density at radius 3 is 2.40 bits per heavy atom. The van der Waals surface area contributed by atoms with Crippen molar-refractivity contribution < 1.29 is 9.47 Å². The second-order valence-electron chi connectivity index (χ2n) is 4.12. The summed E-state index contributed by atoms with van der Waals surface area (Å²) in [6.45, 7) is 1.20. The minimum atomic E-state index is 0.528. The van der Waals surface area contributed by atoms with E-state index < -0.39 is 0 Å². The van der Waals surface area contributed by atoms with Gasteiger partial charge < -0.3 is 14.8 Å². The van der Waals surface area contributed by atoms with Crippen molar-refractivity contribution in [3.05, 3.63) is 54.1 Å². The van der Waals surface area contributed by atoms with Crippen LogP contribution < -0.4 is 14.8 Å². The van der Waals surface area contributed by atoms with Gasteiger partial charge in [-0.2, -0.15) is 5.26 Å². The van der Waals surface area contributed by atoms with Crippen LogP contribution in [0.25, 0.3) is 0 Å². The Morgan fingerprint density at radius 1 is 1.05 bits per heavy atom. The number of benzene rings is 2. The van der Waals surface area contributed by atoms with Gasteiger partial charge in [-0.1, -0.05) is 12.1 Å². The molecule has 0 saturated carbocycles. The molecular weight excluding hydrogens is 252 g/mol. The maximum absolute atomic E-state index is 8.72. The zero-order valence-corrected chi connectivity index (χ0v) is 11.3. The molecule has 0 aliphatic heterocycles. The number of hydrogen-bond acceptors (Lipinski definition) is 4. The fourth-order valence-electron chi connectivity index (χ4n) is 1.76. The third-order valence-electron chi connectivity index (χ3n) is 2.77. The summed E-state index contributed by atoms with van der Waals surface area (Å²) >= 11 is 0. The summed E-state index contributed by atoms with van der Waals surface area (Å²) in [5.41, 5.74) is 1.62. The van der Waals surface area contributed by atoms with Crippen molar-refractivity contribution in [3.63, 3.8) is 0 Å². The van der Waals surface area contributed by atoms with Crippen molar-refractivity contribution in [1.82, 2.24) is 0 Å². The first-order chi connectivity index (χ1) is 9.83. The Kier molecular flexibility index (Phi) is 4.85. The fourth-order valence-corrected chi connectivity index (χ4v) is 1.76. The summed E-state index contributed by atoms with van der Waals surface area (Å²) in [6, 6.07) is 17.0. The number of nitrogens with one attached hydrogen (secondary N) is 1. The first-order valence-corrected chi connectivity index (χ1v) is 6.33. The van der Waals surface area contributed by atoms with E-state index >= 15 is 0 Å². The minimum Gasteiger partial charge on any atom is -0.493 e. The van der Waals surface area contributed by atoms with Crippen LogP contribution in [0.3, 0.4) is 0 Å². The quantitative estimate of drug-likeness (QED) is 0.818. The van der Waals surface area contributed by atoms with Crippen LogP contribution in [0, 0.1) is 11.3 Å². The third kappa shape index (κ3) is 3.66. The van der Waals surface area contributed by atoms with Gasteiger partial charge in [0.2, 0.25) is 0 Å². The number of anilines is 1. The first kappa shape index (κ1) is 13.8. The van der Waals surface area contributed by atoms with Gasteiger partial charge >= 0.3 is 0 Å². The van der Waals surface area contributed by atoms with Gasteiger partial charge in [0, 0.05) is 12.2 Å². The van der Waals surface area contributed by atoms with E-state index in [0.717, 1.165) is 17.2 Å². The molecule has 1 N–H and O–H groups in total. The first-order valence-electron chi connectivity index (χ1n) is 6.33. The summed E-state index contributed by atoms with van der Waals surface area (Å²) < 4.78 is 10.9. The SMILES string of the molecule is COc1ccccc1OCCNc1ccc(C#N)cc1. The van der Waals surface area contributed by atoms with Crippen LogP contribution in [-0.2, 0) is 0 Å². The fraction of sp³-hybridized carbons (Fsp3) is 0.188. The second-order valence-corrected chi connectivity index (χ2v) is 4.12. The predicted molar refractivity (Wildman–Crippen MR) is 78.1 cm³/mol. The third-order valence-corrected chi connectivity index (χ3v) is 2.77. The van der Waals surface area contributed by atoms with Crippen LogP contribution >= 0.6 is 0 Å². The molecule has 0 unspecified atom stereocenters. The maximum Gasteiger partial charge on any atom is 0.161 e. The van der Waals surface area contributed by atoms with E-state index in [1.165, 1.54) is 0 Å². The highest BCUT2D eigenvalue weighted by atomic mass is 16.5. The minimum absolute atomic E-state index is 0.528. The summed E-state index contributed by atoms with van der Waals surface area (Å²) in [5, 5.41) is 11.9. The Bertz CT molecular complexity index is 588. The molecule has 0 radical (unpaired) electrons. The Morgan fingerprint density at radius 2 is 1.75 bits per heavy atom. The molecule has 0 saturated heterocycles. The molecule has 0 bridgehead atoms. The van der Waals surface area contributed by atoms with Crippen molar-refractivity contribution in [2.45, 2.75) is 0 Å². The summed E-state index contributed by atoms with van der Waals surface area (Å²) in [6.07, 6.45) is 0. The van der Waals surface area contributed by atoms with Crippen LogP contribution in [0.15, 0.2) is 48.5 Å². The van der Waals surface area contributed by atoms with Crippen LogP contribution in [0.4, 0.5) is 5.69 Å². The van der Waals surface area contributed by atoms with Crippen LogP contribution in [-0.4, -0.2) is 20.3 Å². The topological polar surface area (TPSA) is 54.3 Å². The van der Waals surface area contributed by atoms with E-state index in [-0.39, 0.29) is 0 Å². The molecule has 4 nitrogen and oxygen atoms in total. The number of nitriles is 1. The highest BCUT2D eigenvalue weighted by molar-refractivity contribution is 5.47. The Balaban J connectivity index is 1.80. The molecule has 4 heteroatoms. The highest BCUT2D eigenvalue weighted by Gasteiger charge is 2.01. The molecule has 2 aromatic carbocycles. The number of ether oxygens (including phenoxy) is 2. The van der Waals surface area contributed by atoms with E-state index in [0.29, 0.717) is 18.7 Å². The van der Waals surface area contributed by atoms with Gasteiger partial charge in [0.15, 0.2) is 11.5 Å². The molecule has 2 rings (SSSR count). The predicted octanol–water partition coefficient (Wildman–Crippen LogP) is 3.06. The number of rotatable bonds is 6. The standard InChI is InChI=1S/C16H16N2O2/c1-19-15-4-2-3-5-16(15)20-11-10-18-14-8-6-13(12-17)7-9-14/h2-9,18H,10-11H2,1H3. The molecule has 0 aromatic heterocycles. The lowest BCUT2D eigenvalue weighted by atomic mass is 10.2. The molecule has 0 aliphatic rings. The average Bonchev–Trinajstić information content (AvgIpc) is 2.52. The van der Waals surface area contributed by atoms with Gasteiger partial charge in [-0.15, -0.1) is 0 Å². The molecule has 20 heavy (non-hydrogen) atoms. The monoisotopic (exact) mass is 268 g/mol. The van der Waals surface area contributed by atoms with Gasteiger partial charge in [0.1, 0.15) is 6.61 Å². The van der Waals surface area contributed by atoms with Crippen molar-refractivity contribution >= 4 is 5.69 Å². The van der Waals surface area contributed by atoms with Crippen LogP contribution in [0.2, 0.25) is 0 Å². The number of para-hydroxylation sites is 2. The molecular formula is C16H16N2O2. The van der Waals surface area contributed by atoms with Crippen LogP contribution in [0.5, 0.6) is 11.5 Å². The van der Waals surface area contributed by atoms with Crippen molar-refractivity contribution in [3.8, 4) is 17.6 Å². The summed E-state index contributed by atoms with van der Waals surface area (Å²) in [7, 11) is 1.62. The van der Waals surface area contributed by atoms with Gasteiger partial charge in [-0.3, -0.25) is 0 Å². The van der Waals surface area contributed by atoms with Crippen molar-refractivity contribution in [2.24, 2.45) is 0 Å². The average molecular weight is 268 g/mol. The zero-order valence-electron chi connectivity index (χ0n) is 11.3. The molecule has 0 amide bonds. The molecule has 0 heterocycles. The lowest BCUT2D eigenvalue weighted by molar-refractivity contribution is 0.306. The summed E-state index contributed by atoms with van der Waals surface area (Å²) in [4.78, 5) is 0. The number of hydrogen-bond donors (Lipinski definition) is 1. The van der Waals surface area contributed by atoms with E-state index in [1.54, 1.807) is 19.2 Å². The van der Waals surface area contributed by atoms with Gasteiger partial charge in [0.25, 0.3) is 0 Å². The van der Waals surface area contributed by atoms with E-state index in [9.17, 15) is 0 Å². The van der Waals surface area contributed by atoms with Crippen LogP contribution in [0.1, 0.15) is 5.56 Å². The smallest absolute Gasteiger partial charge is 0.161 e. The molecule has 0 fully saturated rings. The van der Waals surface area contributed by atoms with Crippen molar-refractivity contribution in [2.75, 3.05) is 25.6 Å². The van der Waals surface area contributed by atoms with Gasteiger partial charge in [-0.25, -0.2) is 0 Å². The number of nitrogens with zero attached hydrogens (tertiary/aromatic N) is 1. The molecule has 2 aromatic rings. The lowest BCUT2D eigenvalue weighted by Crippen LogP contribution is -2.11. The zero-order chi connectivity index (χ0) is 14.2. The lowest BCUT2D eigenvalue weighted by Gasteiger charge is -2.11. The molecule has 0 aliphatic carbocycles. The van der Waals surface area contributed by atoms with Gasteiger partial charge in [0.05, 0.1) is 18.7 Å². The number of methoxy groups -OCH3 is 1. The Hall–Kier alpha value is -2.67. The summed E-state index contributed by atoms with van der Waals surface area (Å²) in [5.74, 6) is 1.46. The van der Waals surface area contributed by atoms with E-state index in [4.69, 9.17) is 14.7 Å².